The van der Waals surface area contributed by atoms with Gasteiger partial charge in [0.15, 0.2) is 0 Å². The Hall–Kier alpha value is -2.30. The van der Waals surface area contributed by atoms with Crippen LogP contribution in [0.15, 0.2) is 29.2 Å². The molecule has 0 aliphatic rings. The largest absolute Gasteiger partial charge is 0.444 e. The fourth-order valence-electron chi connectivity index (χ4n) is 2.64. The number of nitrogens with zero attached hydrogens (tertiary/aromatic N) is 1. The molecule has 1 amide bonds. The monoisotopic (exact) mass is 530 g/mol. The molecular weight excluding hydrogens is 484 g/mol. The number of amides is 1. The summed E-state index contributed by atoms with van der Waals surface area (Å²) in [6.45, 7) is 18.5. The topological polar surface area (TPSA) is 114 Å². The summed E-state index contributed by atoms with van der Waals surface area (Å²) in [5.74, 6) is -0.589. The maximum atomic E-state index is 11.8. The highest BCUT2D eigenvalue weighted by atomic mass is 32.2. The first-order chi connectivity index (χ1) is 16.9. The van der Waals surface area contributed by atoms with Crippen LogP contribution in [0.5, 0.6) is 0 Å². The van der Waals surface area contributed by atoms with E-state index in [-0.39, 0.29) is 0 Å². The SMILES string of the molecule is CC.CC(=O)OC(OC(C)=O)c1ccc(SN(CCCNC(=O)OC(C)(C)C)CC(C)C)cc1.CO. The summed E-state index contributed by atoms with van der Waals surface area (Å²) >= 11 is 1.61. The Balaban J connectivity index is 0. The van der Waals surface area contributed by atoms with Crippen molar-refractivity contribution in [2.24, 2.45) is 5.92 Å². The van der Waals surface area contributed by atoms with Crippen LogP contribution < -0.4 is 5.32 Å². The lowest BCUT2D eigenvalue weighted by atomic mass is 10.2. The minimum absolute atomic E-state index is 0.411. The third kappa shape index (κ3) is 19.0. The van der Waals surface area contributed by atoms with E-state index < -0.39 is 29.9 Å². The number of ether oxygens (including phenoxy) is 3. The highest BCUT2D eigenvalue weighted by molar-refractivity contribution is 7.97. The second-order valence-corrected chi connectivity index (χ2v) is 9.95. The Bertz CT molecular complexity index is 734. The van der Waals surface area contributed by atoms with Crippen LogP contribution in [-0.4, -0.2) is 59.8 Å². The number of alkyl carbamates (subject to hydrolysis) is 1. The van der Waals surface area contributed by atoms with Gasteiger partial charge < -0.3 is 24.6 Å². The van der Waals surface area contributed by atoms with Gasteiger partial charge in [0.25, 0.3) is 6.29 Å². The molecule has 0 saturated carbocycles. The van der Waals surface area contributed by atoms with Crippen LogP contribution in [-0.2, 0) is 23.8 Å². The van der Waals surface area contributed by atoms with Crippen molar-refractivity contribution in [1.29, 1.82) is 0 Å². The molecule has 208 valence electrons. The highest BCUT2D eigenvalue weighted by Crippen LogP contribution is 2.27. The molecular formula is C26H46N2O7S. The molecule has 0 fully saturated rings. The average molecular weight is 531 g/mol. The van der Waals surface area contributed by atoms with Gasteiger partial charge in [0, 0.05) is 51.1 Å². The molecule has 0 radical (unpaired) electrons. The molecule has 0 unspecified atom stereocenters. The van der Waals surface area contributed by atoms with Crippen LogP contribution in [0.25, 0.3) is 0 Å². The van der Waals surface area contributed by atoms with E-state index in [9.17, 15) is 14.4 Å². The van der Waals surface area contributed by atoms with Crippen LogP contribution in [0.3, 0.4) is 0 Å². The van der Waals surface area contributed by atoms with E-state index in [1.165, 1.54) is 13.8 Å². The summed E-state index contributed by atoms with van der Waals surface area (Å²) in [5, 5.41) is 9.78. The molecule has 0 bridgehead atoms. The van der Waals surface area contributed by atoms with Crippen molar-refractivity contribution in [2.75, 3.05) is 26.7 Å². The number of rotatable bonds is 11. The zero-order chi connectivity index (χ0) is 28.3. The quantitative estimate of drug-likeness (QED) is 0.170. The van der Waals surface area contributed by atoms with Crippen molar-refractivity contribution in [3.05, 3.63) is 29.8 Å². The fourth-order valence-corrected chi connectivity index (χ4v) is 3.79. The lowest BCUT2D eigenvalue weighted by Crippen LogP contribution is -2.34. The van der Waals surface area contributed by atoms with Crippen molar-refractivity contribution >= 4 is 30.0 Å². The van der Waals surface area contributed by atoms with Gasteiger partial charge in [0.2, 0.25) is 0 Å². The second kappa shape index (κ2) is 19.8. The third-order valence-electron chi connectivity index (χ3n) is 3.75. The molecule has 0 aromatic heterocycles. The molecule has 0 saturated heterocycles. The van der Waals surface area contributed by atoms with Crippen molar-refractivity contribution in [3.63, 3.8) is 0 Å². The summed E-state index contributed by atoms with van der Waals surface area (Å²) in [6.07, 6.45) is -0.695. The Morgan fingerprint density at radius 3 is 1.92 bits per heavy atom. The molecule has 2 N–H and O–H groups in total. The minimum atomic E-state index is -1.06. The van der Waals surface area contributed by atoms with Crippen molar-refractivity contribution in [2.45, 2.75) is 85.5 Å². The number of hydrogen-bond donors (Lipinski definition) is 2. The number of esters is 2. The molecule has 1 aromatic rings. The number of hydrogen-bond acceptors (Lipinski definition) is 9. The highest BCUT2D eigenvalue weighted by Gasteiger charge is 2.19. The standard InChI is InChI=1S/C23H36N2O6S.C2H6.CH4O/c1-16(2)15-25(14-8-13-24-22(28)31-23(5,6)7)32-20-11-9-19(10-12-20)21(29-17(3)26)30-18(4)27;2*1-2/h9-12,16,21H,8,13-15H2,1-7H3,(H,24,28);1-2H3;2H,1H3. The van der Waals surface area contributed by atoms with Crippen LogP contribution in [0, 0.1) is 5.92 Å². The normalized spacial score (nSPS) is 10.6. The van der Waals surface area contributed by atoms with Gasteiger partial charge in [-0.3, -0.25) is 9.59 Å². The van der Waals surface area contributed by atoms with Gasteiger partial charge in [0.05, 0.1) is 0 Å². The van der Waals surface area contributed by atoms with E-state index in [2.05, 4.69) is 23.5 Å². The Kier molecular flexibility index (Phi) is 19.8. The van der Waals surface area contributed by atoms with E-state index in [0.717, 1.165) is 31.5 Å². The predicted molar refractivity (Wildman–Crippen MR) is 143 cm³/mol. The van der Waals surface area contributed by atoms with Gasteiger partial charge in [-0.1, -0.05) is 39.8 Å². The van der Waals surface area contributed by atoms with Crippen LogP contribution >= 0.6 is 11.9 Å². The van der Waals surface area contributed by atoms with E-state index in [1.807, 2.05) is 46.8 Å². The number of benzene rings is 1. The molecule has 1 aromatic carbocycles. The molecule has 0 aliphatic carbocycles. The molecule has 9 nitrogen and oxygen atoms in total. The van der Waals surface area contributed by atoms with Crippen molar-refractivity contribution in [1.82, 2.24) is 9.62 Å². The minimum Gasteiger partial charge on any atom is -0.444 e. The van der Waals surface area contributed by atoms with Crippen molar-refractivity contribution < 1.29 is 33.7 Å². The van der Waals surface area contributed by atoms with Crippen LogP contribution in [0.2, 0.25) is 0 Å². The first-order valence-corrected chi connectivity index (χ1v) is 12.9. The fraction of sp³-hybridized carbons (Fsp3) is 0.654. The predicted octanol–water partition coefficient (Wildman–Crippen LogP) is 5.33. The van der Waals surface area contributed by atoms with E-state index >= 15 is 0 Å². The van der Waals surface area contributed by atoms with Gasteiger partial charge >= 0.3 is 18.0 Å². The number of aliphatic hydroxyl groups is 1. The summed E-state index contributed by atoms with van der Waals surface area (Å²) in [4.78, 5) is 35.4. The van der Waals surface area contributed by atoms with Gasteiger partial charge in [-0.05, 0) is 57.2 Å². The van der Waals surface area contributed by atoms with Gasteiger partial charge in [-0.15, -0.1) is 0 Å². The van der Waals surface area contributed by atoms with E-state index in [1.54, 1.807) is 24.1 Å². The first kappa shape index (κ1) is 35.9. The summed E-state index contributed by atoms with van der Waals surface area (Å²) in [5.41, 5.74) is 0.0661. The number of nitrogens with one attached hydrogen (secondary N) is 1. The Labute approximate surface area is 221 Å². The lowest BCUT2D eigenvalue weighted by Gasteiger charge is -2.24. The molecule has 0 aliphatic heterocycles. The number of aliphatic hydroxyl groups excluding tert-OH is 1. The van der Waals surface area contributed by atoms with Crippen molar-refractivity contribution in [3.8, 4) is 0 Å². The molecule has 10 heteroatoms. The van der Waals surface area contributed by atoms with Gasteiger partial charge in [-0.25, -0.2) is 9.10 Å². The molecule has 0 spiro atoms. The third-order valence-corrected chi connectivity index (χ3v) is 4.83. The zero-order valence-corrected chi connectivity index (χ0v) is 24.4. The smallest absolute Gasteiger partial charge is 0.407 e. The van der Waals surface area contributed by atoms with E-state index in [0.29, 0.717) is 18.0 Å². The first-order valence-electron chi connectivity index (χ1n) is 12.1. The Morgan fingerprint density at radius 1 is 1.00 bits per heavy atom. The lowest BCUT2D eigenvalue weighted by molar-refractivity contribution is -0.186. The summed E-state index contributed by atoms with van der Waals surface area (Å²) in [6, 6.07) is 7.34. The zero-order valence-electron chi connectivity index (χ0n) is 23.5. The second-order valence-electron chi connectivity index (χ2n) is 8.78. The molecule has 36 heavy (non-hydrogen) atoms. The van der Waals surface area contributed by atoms with E-state index in [4.69, 9.17) is 19.3 Å². The number of carbonyl (C=O) groups excluding carboxylic acids is 3. The Morgan fingerprint density at radius 2 is 1.50 bits per heavy atom. The summed E-state index contributed by atoms with van der Waals surface area (Å²) < 4.78 is 17.7. The molecule has 0 atom stereocenters. The average Bonchev–Trinajstić information content (AvgIpc) is 2.77. The molecule has 0 heterocycles. The number of carbonyl (C=O) groups is 3. The van der Waals surface area contributed by atoms with Crippen LogP contribution in [0.1, 0.15) is 80.6 Å². The molecule has 1 rings (SSSR count). The maximum absolute atomic E-state index is 11.8. The van der Waals surface area contributed by atoms with Crippen LogP contribution in [0.4, 0.5) is 4.79 Å². The summed E-state index contributed by atoms with van der Waals surface area (Å²) in [7, 11) is 1.00. The maximum Gasteiger partial charge on any atom is 0.407 e. The van der Waals surface area contributed by atoms with Gasteiger partial charge in [-0.2, -0.15) is 0 Å². The van der Waals surface area contributed by atoms with Gasteiger partial charge in [0.1, 0.15) is 5.60 Å².